The van der Waals surface area contributed by atoms with Gasteiger partial charge in [-0.1, -0.05) is 43.2 Å². The van der Waals surface area contributed by atoms with Crippen molar-refractivity contribution in [2.24, 2.45) is 5.73 Å². The van der Waals surface area contributed by atoms with Crippen LogP contribution in [0.3, 0.4) is 0 Å². The summed E-state index contributed by atoms with van der Waals surface area (Å²) < 4.78 is 0. The molecule has 1 nitrogen and oxygen atoms in total. The first-order valence-corrected chi connectivity index (χ1v) is 7.77. The monoisotopic (exact) mass is 257 g/mol. The van der Waals surface area contributed by atoms with Gasteiger partial charge in [-0.2, -0.15) is 0 Å². The van der Waals surface area contributed by atoms with Gasteiger partial charge in [-0.05, 0) is 55.6 Å². The van der Waals surface area contributed by atoms with E-state index in [1.165, 1.54) is 49.7 Å². The highest BCUT2D eigenvalue weighted by molar-refractivity contribution is 5.33. The van der Waals surface area contributed by atoms with E-state index in [-0.39, 0.29) is 0 Å². The molecule has 0 saturated carbocycles. The van der Waals surface area contributed by atoms with Crippen molar-refractivity contribution in [3.05, 3.63) is 48.0 Å². The van der Waals surface area contributed by atoms with Crippen LogP contribution < -0.4 is 5.73 Å². The number of unbranched alkanes of at least 4 members (excludes halogenated alkanes) is 3. The number of hydrogen-bond donors (Lipinski definition) is 1. The van der Waals surface area contributed by atoms with Crippen molar-refractivity contribution in [3.63, 3.8) is 0 Å². The molecule has 104 valence electrons. The highest BCUT2D eigenvalue weighted by atomic mass is 14.6. The Balaban J connectivity index is 1.86. The third kappa shape index (κ3) is 3.94. The Labute approximate surface area is 117 Å². The first kappa shape index (κ1) is 14.3. The minimum Gasteiger partial charge on any atom is -0.327 e. The van der Waals surface area contributed by atoms with Gasteiger partial charge in [0.25, 0.3) is 0 Å². The Morgan fingerprint density at radius 1 is 1.26 bits per heavy atom. The second-order valence-corrected chi connectivity index (χ2v) is 5.79. The average Bonchev–Trinajstić information content (AvgIpc) is 2.46. The average molecular weight is 257 g/mol. The summed E-state index contributed by atoms with van der Waals surface area (Å²) in [5.41, 5.74) is 9.51. The van der Waals surface area contributed by atoms with E-state index in [9.17, 15) is 0 Å². The summed E-state index contributed by atoms with van der Waals surface area (Å²) in [5, 5.41) is 0. The second-order valence-electron chi connectivity index (χ2n) is 5.79. The van der Waals surface area contributed by atoms with Gasteiger partial charge in [0.2, 0.25) is 0 Å². The molecule has 0 spiro atoms. The van der Waals surface area contributed by atoms with Crippen LogP contribution in [0, 0.1) is 0 Å². The summed E-state index contributed by atoms with van der Waals surface area (Å²) in [5.74, 6) is 0.587. The van der Waals surface area contributed by atoms with Crippen LogP contribution in [0.25, 0.3) is 0 Å². The molecular formula is C18H27N. The molecule has 0 radical (unpaired) electrons. The third-order valence-corrected chi connectivity index (χ3v) is 4.38. The molecule has 2 atom stereocenters. The SMILES string of the molecule is C=CCCCCCC(N)C1CCCc2ccccc21. The number of benzene rings is 1. The molecule has 0 bridgehead atoms. The maximum Gasteiger partial charge on any atom is 0.0108 e. The number of allylic oxidation sites excluding steroid dienone is 1. The minimum atomic E-state index is 0.338. The zero-order valence-corrected chi connectivity index (χ0v) is 12.0. The Morgan fingerprint density at radius 3 is 2.95 bits per heavy atom. The molecule has 1 aliphatic carbocycles. The molecule has 19 heavy (non-hydrogen) atoms. The fraction of sp³-hybridized carbons (Fsp3) is 0.556. The fourth-order valence-corrected chi connectivity index (χ4v) is 3.28. The number of fused-ring (bicyclic) bond motifs is 1. The normalized spacial score (nSPS) is 19.7. The van der Waals surface area contributed by atoms with Crippen LogP contribution in [0.5, 0.6) is 0 Å². The van der Waals surface area contributed by atoms with Gasteiger partial charge >= 0.3 is 0 Å². The number of hydrogen-bond acceptors (Lipinski definition) is 1. The van der Waals surface area contributed by atoms with Crippen LogP contribution >= 0.6 is 0 Å². The van der Waals surface area contributed by atoms with Crippen LogP contribution in [0.1, 0.15) is 62.0 Å². The lowest BCUT2D eigenvalue weighted by molar-refractivity contribution is 0.427. The lowest BCUT2D eigenvalue weighted by atomic mass is 9.78. The van der Waals surface area contributed by atoms with Crippen molar-refractivity contribution in [2.75, 3.05) is 0 Å². The van der Waals surface area contributed by atoms with Gasteiger partial charge in [-0.3, -0.25) is 0 Å². The highest BCUT2D eigenvalue weighted by Gasteiger charge is 2.24. The Hall–Kier alpha value is -1.08. The van der Waals surface area contributed by atoms with E-state index >= 15 is 0 Å². The quantitative estimate of drug-likeness (QED) is 0.562. The van der Waals surface area contributed by atoms with E-state index in [0.29, 0.717) is 12.0 Å². The first-order valence-electron chi connectivity index (χ1n) is 7.77. The third-order valence-electron chi connectivity index (χ3n) is 4.38. The minimum absolute atomic E-state index is 0.338. The molecule has 1 aromatic rings. The predicted molar refractivity (Wildman–Crippen MR) is 83.4 cm³/mol. The summed E-state index contributed by atoms with van der Waals surface area (Å²) >= 11 is 0. The van der Waals surface area contributed by atoms with Crippen LogP contribution in [0.15, 0.2) is 36.9 Å². The molecular weight excluding hydrogens is 230 g/mol. The number of aryl methyl sites for hydroxylation is 1. The Kier molecular flexibility index (Phi) is 5.65. The molecule has 0 aromatic heterocycles. The molecule has 0 amide bonds. The summed E-state index contributed by atoms with van der Waals surface area (Å²) in [7, 11) is 0. The van der Waals surface area contributed by atoms with E-state index in [0.717, 1.165) is 12.8 Å². The maximum absolute atomic E-state index is 6.46. The Bertz CT molecular complexity index is 396. The largest absolute Gasteiger partial charge is 0.327 e. The van der Waals surface area contributed by atoms with Crippen LogP contribution in [-0.4, -0.2) is 6.04 Å². The standard InChI is InChI=1S/C18H27N/c1-2-3-4-5-6-14-18(19)17-13-9-11-15-10-7-8-12-16(15)17/h2,7-8,10,12,17-18H,1,3-6,9,11,13-14,19H2. The van der Waals surface area contributed by atoms with Gasteiger partial charge in [-0.25, -0.2) is 0 Å². The van der Waals surface area contributed by atoms with Crippen molar-refractivity contribution in [1.29, 1.82) is 0 Å². The fourth-order valence-electron chi connectivity index (χ4n) is 3.28. The summed E-state index contributed by atoms with van der Waals surface area (Å²) in [4.78, 5) is 0. The van der Waals surface area contributed by atoms with Crippen LogP contribution in [0.2, 0.25) is 0 Å². The van der Waals surface area contributed by atoms with Gasteiger partial charge in [0.1, 0.15) is 0 Å². The van der Waals surface area contributed by atoms with E-state index in [1.807, 2.05) is 6.08 Å². The van der Waals surface area contributed by atoms with Gasteiger partial charge in [0, 0.05) is 6.04 Å². The molecule has 0 fully saturated rings. The van der Waals surface area contributed by atoms with Crippen molar-refractivity contribution in [3.8, 4) is 0 Å². The molecule has 1 aliphatic rings. The molecule has 0 aliphatic heterocycles. The number of nitrogens with two attached hydrogens (primary N) is 1. The molecule has 1 aromatic carbocycles. The molecule has 0 saturated heterocycles. The van der Waals surface area contributed by atoms with Crippen LogP contribution in [0.4, 0.5) is 0 Å². The van der Waals surface area contributed by atoms with E-state index < -0.39 is 0 Å². The molecule has 2 N–H and O–H groups in total. The highest BCUT2D eigenvalue weighted by Crippen LogP contribution is 2.34. The smallest absolute Gasteiger partial charge is 0.0108 e. The van der Waals surface area contributed by atoms with Crippen LogP contribution in [-0.2, 0) is 6.42 Å². The molecule has 0 heterocycles. The summed E-state index contributed by atoms with van der Waals surface area (Å²) in [6.07, 6.45) is 11.9. The molecule has 2 unspecified atom stereocenters. The number of rotatable bonds is 7. The van der Waals surface area contributed by atoms with Gasteiger partial charge in [-0.15, -0.1) is 6.58 Å². The molecule has 1 heteroatoms. The van der Waals surface area contributed by atoms with Crippen molar-refractivity contribution in [1.82, 2.24) is 0 Å². The first-order chi connectivity index (χ1) is 9.33. The topological polar surface area (TPSA) is 26.0 Å². The van der Waals surface area contributed by atoms with Crippen molar-refractivity contribution >= 4 is 0 Å². The van der Waals surface area contributed by atoms with Gasteiger partial charge in [0.15, 0.2) is 0 Å². The van der Waals surface area contributed by atoms with Gasteiger partial charge < -0.3 is 5.73 Å². The summed E-state index contributed by atoms with van der Waals surface area (Å²) in [6.45, 7) is 3.77. The second kappa shape index (κ2) is 7.49. The van der Waals surface area contributed by atoms with E-state index in [2.05, 4.69) is 30.8 Å². The predicted octanol–water partition coefficient (Wildman–Crippen LogP) is 4.57. The zero-order chi connectivity index (χ0) is 13.5. The van der Waals surface area contributed by atoms with Crippen molar-refractivity contribution < 1.29 is 0 Å². The van der Waals surface area contributed by atoms with Crippen molar-refractivity contribution in [2.45, 2.75) is 63.3 Å². The van der Waals surface area contributed by atoms with E-state index in [1.54, 1.807) is 0 Å². The maximum atomic E-state index is 6.46. The van der Waals surface area contributed by atoms with Gasteiger partial charge in [0.05, 0.1) is 0 Å². The Morgan fingerprint density at radius 2 is 2.11 bits per heavy atom. The zero-order valence-electron chi connectivity index (χ0n) is 12.0. The van der Waals surface area contributed by atoms with E-state index in [4.69, 9.17) is 5.73 Å². The lowest BCUT2D eigenvalue weighted by Crippen LogP contribution is -2.30. The lowest BCUT2D eigenvalue weighted by Gasteiger charge is -2.30. The molecule has 2 rings (SSSR count). The summed E-state index contributed by atoms with van der Waals surface area (Å²) in [6, 6.07) is 9.22.